The molecule has 0 amide bonds. The first-order valence-electron chi connectivity index (χ1n) is 26.1. The van der Waals surface area contributed by atoms with Crippen molar-refractivity contribution in [2.24, 2.45) is 10.8 Å². The molecule has 0 aliphatic heterocycles. The van der Waals surface area contributed by atoms with Gasteiger partial charge >= 0.3 is 0 Å². The highest BCUT2D eigenvalue weighted by Crippen LogP contribution is 2.50. The fourth-order valence-electron chi connectivity index (χ4n) is 11.0. The van der Waals surface area contributed by atoms with Crippen molar-refractivity contribution in [1.29, 1.82) is 10.5 Å². The fourth-order valence-corrected chi connectivity index (χ4v) is 11.0. The maximum Gasteiger partial charge on any atom is 0.219 e. The van der Waals surface area contributed by atoms with Gasteiger partial charge < -0.3 is 14.2 Å². The molecule has 388 valence electrons. The SMILES string of the molecule is Cc1ccc(-c2ccc(-c3cccc(Oc4cc(C(C)(C)CC(C)(C)C)c(Oc5cccc(C)c5C#N)cc4C(C)(C)CC(C)(C)C)c3C#N)c(C(=O)c3ccc(Oc4ccccn4)cc3)c2)c(C(=O)c2ccccc2)c1. The van der Waals surface area contributed by atoms with Crippen LogP contribution >= 0.6 is 0 Å². The smallest absolute Gasteiger partial charge is 0.219 e. The quantitative estimate of drug-likeness (QED) is 0.0877. The van der Waals surface area contributed by atoms with Crippen LogP contribution in [0.15, 0.2) is 164 Å². The van der Waals surface area contributed by atoms with Crippen LogP contribution in [0, 0.1) is 47.3 Å². The van der Waals surface area contributed by atoms with E-state index >= 15 is 4.79 Å². The Kier molecular flexibility index (Phi) is 15.6. The molecule has 0 aliphatic carbocycles. The van der Waals surface area contributed by atoms with Crippen molar-refractivity contribution < 1.29 is 23.8 Å². The van der Waals surface area contributed by atoms with Gasteiger partial charge in [0.2, 0.25) is 5.88 Å². The molecule has 1 aromatic heterocycles. The minimum absolute atomic E-state index is 0.0754. The molecule has 0 radical (unpaired) electrons. The van der Waals surface area contributed by atoms with Gasteiger partial charge in [0.25, 0.3) is 0 Å². The number of aryl methyl sites for hydroxylation is 2. The zero-order valence-electron chi connectivity index (χ0n) is 46.4. The maximum atomic E-state index is 15.2. The van der Waals surface area contributed by atoms with Crippen LogP contribution in [0.2, 0.25) is 0 Å². The summed E-state index contributed by atoms with van der Waals surface area (Å²) in [5.74, 6) is 2.46. The summed E-state index contributed by atoms with van der Waals surface area (Å²) in [4.78, 5) is 33.7. The molecular weight excluding hydrogens is 951 g/mol. The van der Waals surface area contributed by atoms with Crippen molar-refractivity contribution in [3.05, 3.63) is 220 Å². The average Bonchev–Trinajstić information content (AvgIpc) is 3.40. The van der Waals surface area contributed by atoms with Gasteiger partial charge in [0, 0.05) is 51.2 Å². The zero-order chi connectivity index (χ0) is 55.5. The lowest BCUT2D eigenvalue weighted by Crippen LogP contribution is -2.28. The number of hydrogen-bond donors (Lipinski definition) is 0. The highest BCUT2D eigenvalue weighted by atomic mass is 16.5. The molecule has 7 aromatic carbocycles. The third-order valence-corrected chi connectivity index (χ3v) is 13.7. The van der Waals surface area contributed by atoms with Gasteiger partial charge in [-0.2, -0.15) is 10.5 Å². The Morgan fingerprint density at radius 1 is 0.481 bits per heavy atom. The van der Waals surface area contributed by atoms with Gasteiger partial charge in [-0.1, -0.05) is 160 Å². The highest BCUT2D eigenvalue weighted by molar-refractivity contribution is 6.15. The minimum Gasteiger partial charge on any atom is -0.456 e. The summed E-state index contributed by atoms with van der Waals surface area (Å²) in [5, 5.41) is 21.7. The molecule has 0 aliphatic rings. The minimum atomic E-state index is -0.488. The Labute approximate surface area is 455 Å². The Balaban J connectivity index is 1.31. The molecule has 0 N–H and O–H groups in total. The van der Waals surface area contributed by atoms with Crippen LogP contribution in [0.5, 0.6) is 34.6 Å². The van der Waals surface area contributed by atoms with Crippen LogP contribution in [0.3, 0.4) is 0 Å². The van der Waals surface area contributed by atoms with Crippen LogP contribution in [0.1, 0.15) is 147 Å². The Hall–Kier alpha value is -8.59. The van der Waals surface area contributed by atoms with Gasteiger partial charge in [0.05, 0.1) is 5.56 Å². The van der Waals surface area contributed by atoms with Crippen LogP contribution in [-0.4, -0.2) is 16.6 Å². The van der Waals surface area contributed by atoms with E-state index in [1.807, 2.05) is 111 Å². The summed E-state index contributed by atoms with van der Waals surface area (Å²) < 4.78 is 20.1. The van der Waals surface area contributed by atoms with E-state index < -0.39 is 10.8 Å². The number of benzene rings is 7. The number of carbonyl (C=O) groups is 2. The zero-order valence-corrected chi connectivity index (χ0v) is 46.4. The van der Waals surface area contributed by atoms with Gasteiger partial charge in [-0.15, -0.1) is 0 Å². The van der Waals surface area contributed by atoms with E-state index in [0.717, 1.165) is 35.1 Å². The van der Waals surface area contributed by atoms with Crippen molar-refractivity contribution in [2.75, 3.05) is 0 Å². The Morgan fingerprint density at radius 3 is 1.57 bits per heavy atom. The second-order valence-electron chi connectivity index (χ2n) is 23.8. The van der Waals surface area contributed by atoms with Gasteiger partial charge in [0.15, 0.2) is 11.6 Å². The van der Waals surface area contributed by atoms with Crippen molar-refractivity contribution in [1.82, 2.24) is 4.98 Å². The fraction of sp³-hybridized carbons (Fsp3) is 0.261. The number of carbonyl (C=O) groups excluding carboxylic acids is 2. The summed E-state index contributed by atoms with van der Waals surface area (Å²) in [6.45, 7) is 26.0. The van der Waals surface area contributed by atoms with Gasteiger partial charge in [0.1, 0.15) is 46.4 Å². The molecule has 0 saturated carbocycles. The molecule has 0 bridgehead atoms. The van der Waals surface area contributed by atoms with Crippen molar-refractivity contribution in [3.8, 4) is 69.0 Å². The van der Waals surface area contributed by atoms with E-state index in [1.165, 1.54) is 0 Å². The second-order valence-corrected chi connectivity index (χ2v) is 23.8. The molecule has 8 aromatic rings. The number of ether oxygens (including phenoxy) is 3. The van der Waals surface area contributed by atoms with Crippen LogP contribution in [0.4, 0.5) is 0 Å². The van der Waals surface area contributed by atoms with Crippen molar-refractivity contribution >= 4 is 11.6 Å². The summed E-state index contributed by atoms with van der Waals surface area (Å²) in [7, 11) is 0. The van der Waals surface area contributed by atoms with E-state index in [2.05, 4.69) is 98.5 Å². The lowest BCUT2D eigenvalue weighted by atomic mass is 9.69. The third kappa shape index (κ3) is 12.6. The number of ketones is 2. The van der Waals surface area contributed by atoms with E-state index in [0.29, 0.717) is 84.7 Å². The summed E-state index contributed by atoms with van der Waals surface area (Å²) in [6.07, 6.45) is 3.21. The molecule has 1 heterocycles. The number of rotatable bonds is 16. The number of nitriles is 2. The van der Waals surface area contributed by atoms with Crippen LogP contribution < -0.4 is 14.2 Å². The summed E-state index contributed by atoms with van der Waals surface area (Å²) in [5.41, 5.74) is 7.15. The predicted octanol–water partition coefficient (Wildman–Crippen LogP) is 18.0. The normalized spacial score (nSPS) is 11.8. The molecule has 8 heteroatoms. The standard InChI is InChI=1S/C69H67N3O5/c1-44-27-33-50(53(36-44)64(73)46-21-14-13-15-22-46)48-30-34-52(54(37-48)65(74)47-28-31-49(32-29-47)75-63-26-16-17-35-72-63)51-23-19-25-60(56(51)41-71)77-62-39-57(68(9,10)42-66(3,4)5)61(38-58(62)69(11,12)43-67(6,7)8)76-59-24-18-20-45(2)55(59)40-70/h13-39H,42-43H2,1-12H3. The Morgan fingerprint density at radius 2 is 1.01 bits per heavy atom. The first kappa shape index (κ1) is 54.7. The Bertz CT molecular complexity index is 3590. The van der Waals surface area contributed by atoms with E-state index in [-0.39, 0.29) is 28.0 Å². The number of hydrogen-bond acceptors (Lipinski definition) is 8. The van der Waals surface area contributed by atoms with Crippen LogP contribution in [-0.2, 0) is 10.8 Å². The van der Waals surface area contributed by atoms with Crippen LogP contribution in [0.25, 0.3) is 22.3 Å². The molecular formula is C69H67N3O5. The van der Waals surface area contributed by atoms with Crippen molar-refractivity contribution in [2.45, 2.75) is 107 Å². The molecule has 8 nitrogen and oxygen atoms in total. The first-order valence-corrected chi connectivity index (χ1v) is 26.1. The molecule has 0 fully saturated rings. The van der Waals surface area contributed by atoms with Gasteiger partial charge in [-0.25, -0.2) is 4.98 Å². The lowest BCUT2D eigenvalue weighted by Gasteiger charge is -2.37. The highest BCUT2D eigenvalue weighted by Gasteiger charge is 2.36. The lowest BCUT2D eigenvalue weighted by molar-refractivity contribution is 0.103. The second kappa shape index (κ2) is 21.9. The van der Waals surface area contributed by atoms with Gasteiger partial charge in [-0.3, -0.25) is 9.59 Å². The third-order valence-electron chi connectivity index (χ3n) is 13.7. The molecule has 77 heavy (non-hydrogen) atoms. The molecule has 0 saturated heterocycles. The molecule has 8 rings (SSSR count). The molecule has 0 spiro atoms. The number of nitrogens with zero attached hydrogens (tertiary/aromatic N) is 3. The maximum absolute atomic E-state index is 15.2. The monoisotopic (exact) mass is 1020 g/mol. The molecule has 0 unspecified atom stereocenters. The average molecular weight is 1020 g/mol. The number of aromatic nitrogens is 1. The van der Waals surface area contributed by atoms with E-state index in [4.69, 9.17) is 14.2 Å². The van der Waals surface area contributed by atoms with Crippen molar-refractivity contribution in [3.63, 3.8) is 0 Å². The number of pyridine rings is 1. The van der Waals surface area contributed by atoms with E-state index in [1.54, 1.807) is 54.7 Å². The summed E-state index contributed by atoms with van der Waals surface area (Å²) in [6, 6.07) is 52.9. The van der Waals surface area contributed by atoms with E-state index in [9.17, 15) is 15.3 Å². The largest absolute Gasteiger partial charge is 0.456 e. The van der Waals surface area contributed by atoms with Gasteiger partial charge in [-0.05, 0) is 137 Å². The summed E-state index contributed by atoms with van der Waals surface area (Å²) >= 11 is 0. The first-order chi connectivity index (χ1) is 36.4. The predicted molar refractivity (Wildman–Crippen MR) is 308 cm³/mol. The molecule has 0 atom stereocenters. The topological polar surface area (TPSA) is 122 Å².